The topological polar surface area (TPSA) is 87.7 Å². The van der Waals surface area contributed by atoms with Gasteiger partial charge in [0.25, 0.3) is 0 Å². The van der Waals surface area contributed by atoms with Gasteiger partial charge in [0.15, 0.2) is 0 Å². The number of benzene rings is 2. The van der Waals surface area contributed by atoms with Crippen LogP contribution >= 0.6 is 15.9 Å². The Kier molecular flexibility index (Phi) is 6.65. The van der Waals surface area contributed by atoms with Crippen molar-refractivity contribution in [2.75, 3.05) is 29.9 Å². The zero-order valence-electron chi connectivity index (χ0n) is 15.1. The molecule has 0 saturated carbocycles. The van der Waals surface area contributed by atoms with Gasteiger partial charge in [0.2, 0.25) is 17.7 Å². The number of fused-ring (bicyclic) bond motifs is 1. The van der Waals surface area contributed by atoms with Gasteiger partial charge >= 0.3 is 0 Å². The van der Waals surface area contributed by atoms with E-state index in [9.17, 15) is 14.4 Å². The van der Waals surface area contributed by atoms with Gasteiger partial charge in [0, 0.05) is 23.0 Å². The van der Waals surface area contributed by atoms with Crippen molar-refractivity contribution in [2.24, 2.45) is 0 Å². The van der Waals surface area contributed by atoms with Crippen LogP contribution in [-0.2, 0) is 14.4 Å². The molecule has 7 nitrogen and oxygen atoms in total. The zero-order valence-corrected chi connectivity index (χ0v) is 16.7. The van der Waals surface area contributed by atoms with E-state index in [0.29, 0.717) is 30.3 Å². The lowest BCUT2D eigenvalue weighted by Gasteiger charge is -2.29. The fourth-order valence-corrected chi connectivity index (χ4v) is 3.05. The summed E-state index contributed by atoms with van der Waals surface area (Å²) in [6.45, 7) is 0.724. The highest BCUT2D eigenvalue weighted by Crippen LogP contribution is 2.31. The second kappa shape index (κ2) is 9.36. The predicted molar refractivity (Wildman–Crippen MR) is 109 cm³/mol. The Morgan fingerprint density at radius 3 is 2.54 bits per heavy atom. The molecule has 0 spiro atoms. The summed E-state index contributed by atoms with van der Waals surface area (Å²) >= 11 is 3.32. The molecule has 0 aromatic heterocycles. The molecule has 0 fully saturated rings. The summed E-state index contributed by atoms with van der Waals surface area (Å²) in [6.07, 6.45) is 0.0818. The second-order valence-corrected chi connectivity index (χ2v) is 7.11. The lowest BCUT2D eigenvalue weighted by Crippen LogP contribution is -2.39. The van der Waals surface area contributed by atoms with Gasteiger partial charge < -0.3 is 20.3 Å². The quantitative estimate of drug-likeness (QED) is 0.715. The van der Waals surface area contributed by atoms with E-state index in [1.165, 1.54) is 0 Å². The minimum Gasteiger partial charge on any atom is -0.490 e. The molecule has 1 aliphatic heterocycles. The maximum Gasteiger partial charge on any atom is 0.243 e. The van der Waals surface area contributed by atoms with Gasteiger partial charge in [-0.05, 0) is 36.4 Å². The second-order valence-electron chi connectivity index (χ2n) is 6.19. The lowest BCUT2D eigenvalue weighted by molar-refractivity contribution is -0.126. The summed E-state index contributed by atoms with van der Waals surface area (Å²) in [5.74, 6) is -0.161. The number of anilines is 2. The molecule has 0 aliphatic carbocycles. The minimum atomic E-state index is -0.346. The molecule has 2 aromatic carbocycles. The molecular weight excluding hydrogens is 426 g/mol. The van der Waals surface area contributed by atoms with Crippen LogP contribution < -0.4 is 20.3 Å². The molecule has 0 radical (unpaired) electrons. The lowest BCUT2D eigenvalue weighted by atomic mass is 10.2. The first kappa shape index (κ1) is 19.9. The van der Waals surface area contributed by atoms with Crippen molar-refractivity contribution < 1.29 is 19.1 Å². The Morgan fingerprint density at radius 2 is 1.75 bits per heavy atom. The van der Waals surface area contributed by atoms with Crippen LogP contribution in [0.25, 0.3) is 0 Å². The van der Waals surface area contributed by atoms with Crippen LogP contribution in [0.5, 0.6) is 5.75 Å². The number of nitrogens with zero attached hydrogens (tertiary/aromatic N) is 1. The third-order valence-corrected chi connectivity index (χ3v) is 4.70. The average molecular weight is 446 g/mol. The molecule has 28 heavy (non-hydrogen) atoms. The van der Waals surface area contributed by atoms with Gasteiger partial charge in [-0.1, -0.05) is 28.1 Å². The summed E-state index contributed by atoms with van der Waals surface area (Å²) in [7, 11) is 0. The highest BCUT2D eigenvalue weighted by atomic mass is 79.9. The predicted octanol–water partition coefficient (Wildman–Crippen LogP) is 2.71. The van der Waals surface area contributed by atoms with Crippen LogP contribution in [0.15, 0.2) is 53.0 Å². The third kappa shape index (κ3) is 5.32. The third-order valence-electron chi connectivity index (χ3n) is 4.17. The number of para-hydroxylation sites is 2. The van der Waals surface area contributed by atoms with Gasteiger partial charge in [-0.3, -0.25) is 14.4 Å². The smallest absolute Gasteiger partial charge is 0.243 e. The van der Waals surface area contributed by atoms with Crippen LogP contribution in [0.3, 0.4) is 0 Å². The Labute approximate surface area is 171 Å². The van der Waals surface area contributed by atoms with E-state index in [1.807, 2.05) is 36.4 Å². The SMILES string of the molecule is O=C(CCC(=O)N1CCOc2ccccc21)NCC(=O)Nc1ccc(Br)cc1. The monoisotopic (exact) mass is 445 g/mol. The molecule has 1 aliphatic rings. The van der Waals surface area contributed by atoms with E-state index in [1.54, 1.807) is 17.0 Å². The molecule has 3 amide bonds. The molecule has 2 aromatic rings. The summed E-state index contributed by atoms with van der Waals surface area (Å²) in [6, 6.07) is 14.4. The zero-order chi connectivity index (χ0) is 19.9. The van der Waals surface area contributed by atoms with Crippen molar-refractivity contribution in [2.45, 2.75) is 12.8 Å². The standard InChI is InChI=1S/C20H20BrN3O4/c21-14-5-7-15(8-6-14)23-19(26)13-22-18(25)9-10-20(27)24-11-12-28-17-4-2-1-3-16(17)24/h1-8H,9-13H2,(H,22,25)(H,23,26). The minimum absolute atomic E-state index is 0.0178. The maximum atomic E-state index is 12.5. The average Bonchev–Trinajstić information content (AvgIpc) is 2.71. The van der Waals surface area contributed by atoms with E-state index in [-0.39, 0.29) is 37.1 Å². The molecule has 1 heterocycles. The van der Waals surface area contributed by atoms with Crippen LogP contribution in [0.1, 0.15) is 12.8 Å². The Balaban J connectivity index is 1.42. The van der Waals surface area contributed by atoms with E-state index >= 15 is 0 Å². The summed E-state index contributed by atoms with van der Waals surface area (Å²) in [4.78, 5) is 38.0. The van der Waals surface area contributed by atoms with E-state index < -0.39 is 0 Å². The van der Waals surface area contributed by atoms with Crippen molar-refractivity contribution in [3.05, 3.63) is 53.0 Å². The van der Waals surface area contributed by atoms with Gasteiger partial charge in [-0.25, -0.2) is 0 Å². The first-order valence-corrected chi connectivity index (χ1v) is 9.66. The molecular formula is C20H20BrN3O4. The number of ether oxygens (including phenoxy) is 1. The van der Waals surface area contributed by atoms with Gasteiger partial charge in [-0.2, -0.15) is 0 Å². The van der Waals surface area contributed by atoms with Crippen molar-refractivity contribution in [3.8, 4) is 5.75 Å². The van der Waals surface area contributed by atoms with Gasteiger partial charge in [-0.15, -0.1) is 0 Å². The molecule has 2 N–H and O–H groups in total. The molecule has 3 rings (SSSR count). The normalized spacial score (nSPS) is 12.5. The number of amides is 3. The highest BCUT2D eigenvalue weighted by molar-refractivity contribution is 9.10. The van der Waals surface area contributed by atoms with Crippen LogP contribution in [-0.4, -0.2) is 37.4 Å². The van der Waals surface area contributed by atoms with E-state index in [4.69, 9.17) is 4.74 Å². The first-order chi connectivity index (χ1) is 13.5. The number of carbonyl (C=O) groups excluding carboxylic acids is 3. The van der Waals surface area contributed by atoms with Gasteiger partial charge in [0.1, 0.15) is 12.4 Å². The number of hydrogen-bond donors (Lipinski definition) is 2. The first-order valence-electron chi connectivity index (χ1n) is 8.87. The summed E-state index contributed by atoms with van der Waals surface area (Å²) in [5.41, 5.74) is 1.36. The Bertz CT molecular complexity index is 870. The van der Waals surface area contributed by atoms with E-state index in [0.717, 1.165) is 4.47 Å². The van der Waals surface area contributed by atoms with Gasteiger partial charge in [0.05, 0.1) is 18.8 Å². The summed E-state index contributed by atoms with van der Waals surface area (Å²) in [5, 5.41) is 5.22. The number of hydrogen-bond acceptors (Lipinski definition) is 4. The molecule has 0 unspecified atom stereocenters. The van der Waals surface area contributed by atoms with Crippen LogP contribution in [0.2, 0.25) is 0 Å². The fraction of sp³-hybridized carbons (Fsp3) is 0.250. The Morgan fingerprint density at radius 1 is 1.00 bits per heavy atom. The van der Waals surface area contributed by atoms with Crippen molar-refractivity contribution in [1.82, 2.24) is 5.32 Å². The molecule has 0 atom stereocenters. The highest BCUT2D eigenvalue weighted by Gasteiger charge is 2.23. The summed E-state index contributed by atoms with van der Waals surface area (Å²) < 4.78 is 6.44. The molecule has 0 saturated heterocycles. The maximum absolute atomic E-state index is 12.5. The number of carbonyl (C=O) groups is 3. The molecule has 8 heteroatoms. The largest absolute Gasteiger partial charge is 0.490 e. The number of rotatable bonds is 6. The number of nitrogens with one attached hydrogen (secondary N) is 2. The Hall–Kier alpha value is -2.87. The number of halogens is 1. The molecule has 146 valence electrons. The van der Waals surface area contributed by atoms with Crippen molar-refractivity contribution in [1.29, 1.82) is 0 Å². The molecule has 0 bridgehead atoms. The van der Waals surface area contributed by atoms with Crippen LogP contribution in [0.4, 0.5) is 11.4 Å². The van der Waals surface area contributed by atoms with Crippen molar-refractivity contribution >= 4 is 45.0 Å². The van der Waals surface area contributed by atoms with Crippen LogP contribution in [0, 0.1) is 0 Å². The van der Waals surface area contributed by atoms with Crippen molar-refractivity contribution in [3.63, 3.8) is 0 Å². The van der Waals surface area contributed by atoms with E-state index in [2.05, 4.69) is 26.6 Å². The fourth-order valence-electron chi connectivity index (χ4n) is 2.79.